The number of carbonyl (C=O) groups is 1. The van der Waals surface area contributed by atoms with E-state index in [1.54, 1.807) is 0 Å². The van der Waals surface area contributed by atoms with E-state index < -0.39 is 15.0 Å². The van der Waals surface area contributed by atoms with Crippen LogP contribution in [0.2, 0.25) is 0 Å². The minimum absolute atomic E-state index is 0.0217. The SMILES string of the molecule is COCCOC(=O)c1cc(Br)c(OC)c(S(=O)(=O)Cl)c1. The Hall–Kier alpha value is -0.830. The van der Waals surface area contributed by atoms with Crippen LogP contribution in [0, 0.1) is 0 Å². The van der Waals surface area contributed by atoms with Gasteiger partial charge >= 0.3 is 5.97 Å². The van der Waals surface area contributed by atoms with Crippen molar-refractivity contribution in [3.05, 3.63) is 22.2 Å². The average Bonchev–Trinajstić information content (AvgIpc) is 2.36. The molecule has 0 amide bonds. The molecule has 0 saturated carbocycles. The monoisotopic (exact) mass is 386 g/mol. The first kappa shape index (κ1) is 17.2. The highest BCUT2D eigenvalue weighted by Gasteiger charge is 2.23. The van der Waals surface area contributed by atoms with Gasteiger partial charge < -0.3 is 14.2 Å². The first-order valence-corrected chi connectivity index (χ1v) is 8.39. The van der Waals surface area contributed by atoms with Crippen molar-refractivity contribution in [3.63, 3.8) is 0 Å². The maximum absolute atomic E-state index is 11.8. The summed E-state index contributed by atoms with van der Waals surface area (Å²) in [4.78, 5) is 11.5. The van der Waals surface area contributed by atoms with Gasteiger partial charge in [-0.2, -0.15) is 0 Å². The van der Waals surface area contributed by atoms with Gasteiger partial charge in [-0.25, -0.2) is 13.2 Å². The average molecular weight is 388 g/mol. The molecule has 0 aliphatic carbocycles. The lowest BCUT2D eigenvalue weighted by molar-refractivity contribution is 0.0387. The van der Waals surface area contributed by atoms with E-state index in [0.717, 1.165) is 6.07 Å². The Labute approximate surface area is 129 Å². The fraction of sp³-hybridized carbons (Fsp3) is 0.364. The number of ether oxygens (including phenoxy) is 3. The van der Waals surface area contributed by atoms with Crippen LogP contribution in [0.5, 0.6) is 5.75 Å². The molecule has 0 aromatic heterocycles. The van der Waals surface area contributed by atoms with Gasteiger partial charge in [0.1, 0.15) is 11.5 Å². The third-order valence-corrected chi connectivity index (χ3v) is 4.15. The summed E-state index contributed by atoms with van der Waals surface area (Å²) in [5.74, 6) is -0.666. The second-order valence-electron chi connectivity index (χ2n) is 3.56. The molecular weight excluding hydrogens is 376 g/mol. The predicted molar refractivity (Wildman–Crippen MR) is 75.9 cm³/mol. The molecule has 9 heteroatoms. The lowest BCUT2D eigenvalue weighted by Crippen LogP contribution is -2.11. The molecular formula is C11H12BrClO6S. The van der Waals surface area contributed by atoms with Crippen LogP contribution in [0.25, 0.3) is 0 Å². The lowest BCUT2D eigenvalue weighted by atomic mass is 10.2. The van der Waals surface area contributed by atoms with Crippen LogP contribution in [0.1, 0.15) is 10.4 Å². The normalized spacial score (nSPS) is 11.2. The van der Waals surface area contributed by atoms with E-state index in [1.807, 2.05) is 0 Å². The Kier molecular flexibility index (Phi) is 6.25. The molecule has 0 bridgehead atoms. The molecule has 0 radical (unpaired) electrons. The van der Waals surface area contributed by atoms with Crippen molar-refractivity contribution in [2.75, 3.05) is 27.4 Å². The second-order valence-corrected chi connectivity index (χ2v) is 6.94. The summed E-state index contributed by atoms with van der Waals surface area (Å²) in [6.07, 6.45) is 0. The topological polar surface area (TPSA) is 78.9 Å². The zero-order valence-corrected chi connectivity index (χ0v) is 13.8. The van der Waals surface area contributed by atoms with Gasteiger partial charge in [0.2, 0.25) is 0 Å². The predicted octanol–water partition coefficient (Wildman–Crippen LogP) is 2.19. The highest BCUT2D eigenvalue weighted by molar-refractivity contribution is 9.10. The summed E-state index contributed by atoms with van der Waals surface area (Å²) in [7, 11) is 4.01. The number of benzene rings is 1. The second kappa shape index (κ2) is 7.26. The van der Waals surface area contributed by atoms with E-state index >= 15 is 0 Å². The quantitative estimate of drug-likeness (QED) is 0.423. The number of esters is 1. The largest absolute Gasteiger partial charge is 0.494 e. The maximum atomic E-state index is 11.8. The van der Waals surface area contributed by atoms with Gasteiger partial charge in [-0.05, 0) is 28.1 Å². The van der Waals surface area contributed by atoms with Crippen molar-refractivity contribution >= 4 is 41.6 Å². The minimum atomic E-state index is -4.06. The standard InChI is InChI=1S/C11H12BrClO6S/c1-17-3-4-19-11(14)7-5-8(12)10(18-2)9(6-7)20(13,15)16/h5-6H,3-4H2,1-2H3. The molecule has 0 unspecified atom stereocenters. The molecule has 0 N–H and O–H groups in total. The lowest BCUT2D eigenvalue weighted by Gasteiger charge is -2.10. The van der Waals surface area contributed by atoms with E-state index in [4.69, 9.17) is 24.9 Å². The van der Waals surface area contributed by atoms with Gasteiger partial charge in [-0.3, -0.25) is 0 Å². The van der Waals surface area contributed by atoms with E-state index in [1.165, 1.54) is 20.3 Å². The van der Waals surface area contributed by atoms with Crippen molar-refractivity contribution in [1.29, 1.82) is 0 Å². The number of hydrogen-bond acceptors (Lipinski definition) is 6. The molecule has 1 aromatic carbocycles. The molecule has 1 rings (SSSR count). The zero-order chi connectivity index (χ0) is 15.3. The smallest absolute Gasteiger partial charge is 0.338 e. The highest BCUT2D eigenvalue weighted by atomic mass is 79.9. The fourth-order valence-electron chi connectivity index (χ4n) is 1.37. The summed E-state index contributed by atoms with van der Waals surface area (Å²) >= 11 is 3.12. The Balaban J connectivity index is 3.18. The molecule has 0 saturated heterocycles. The Morgan fingerprint density at radius 3 is 2.45 bits per heavy atom. The van der Waals surface area contributed by atoms with Crippen LogP contribution in [-0.4, -0.2) is 41.8 Å². The van der Waals surface area contributed by atoms with Crippen molar-refractivity contribution in [1.82, 2.24) is 0 Å². The van der Waals surface area contributed by atoms with Gasteiger partial charge in [0.15, 0.2) is 5.75 Å². The first-order chi connectivity index (χ1) is 9.31. The third-order valence-electron chi connectivity index (χ3n) is 2.23. The molecule has 6 nitrogen and oxygen atoms in total. The number of methoxy groups -OCH3 is 2. The van der Waals surface area contributed by atoms with Crippen molar-refractivity contribution in [2.24, 2.45) is 0 Å². The fourth-order valence-corrected chi connectivity index (χ4v) is 3.15. The van der Waals surface area contributed by atoms with Crippen LogP contribution in [0.4, 0.5) is 0 Å². The summed E-state index contributed by atoms with van der Waals surface area (Å²) in [5.41, 5.74) is 0.0352. The Bertz CT molecular complexity index is 601. The van der Waals surface area contributed by atoms with Gasteiger partial charge in [-0.1, -0.05) is 0 Å². The van der Waals surface area contributed by atoms with Gasteiger partial charge in [-0.15, -0.1) is 0 Å². The first-order valence-electron chi connectivity index (χ1n) is 5.29. The molecule has 0 aliphatic heterocycles. The Morgan fingerprint density at radius 1 is 1.30 bits per heavy atom. The number of halogens is 2. The molecule has 0 fully saturated rings. The molecule has 112 valence electrons. The molecule has 0 aliphatic rings. The van der Waals surface area contributed by atoms with Crippen LogP contribution in [0.3, 0.4) is 0 Å². The summed E-state index contributed by atoms with van der Waals surface area (Å²) in [5, 5.41) is 0. The van der Waals surface area contributed by atoms with Crippen LogP contribution in [0.15, 0.2) is 21.5 Å². The van der Waals surface area contributed by atoms with Crippen LogP contribution >= 0.6 is 26.6 Å². The van der Waals surface area contributed by atoms with Crippen molar-refractivity contribution < 1.29 is 27.4 Å². The number of rotatable bonds is 6. The zero-order valence-electron chi connectivity index (χ0n) is 10.7. The van der Waals surface area contributed by atoms with Gasteiger partial charge in [0.25, 0.3) is 9.05 Å². The molecule has 0 heterocycles. The third kappa shape index (κ3) is 4.34. The van der Waals surface area contributed by atoms with Crippen LogP contribution < -0.4 is 4.74 Å². The molecule has 20 heavy (non-hydrogen) atoms. The maximum Gasteiger partial charge on any atom is 0.338 e. The van der Waals surface area contributed by atoms with E-state index in [-0.39, 0.29) is 33.9 Å². The van der Waals surface area contributed by atoms with Crippen molar-refractivity contribution in [3.8, 4) is 5.75 Å². The van der Waals surface area contributed by atoms with Gasteiger partial charge in [0.05, 0.1) is 23.8 Å². The Morgan fingerprint density at radius 2 is 1.95 bits per heavy atom. The highest BCUT2D eigenvalue weighted by Crippen LogP contribution is 2.35. The summed E-state index contributed by atoms with van der Waals surface area (Å²) in [6, 6.07) is 2.49. The summed E-state index contributed by atoms with van der Waals surface area (Å²) < 4.78 is 37.9. The van der Waals surface area contributed by atoms with Crippen molar-refractivity contribution in [2.45, 2.75) is 4.90 Å². The van der Waals surface area contributed by atoms with E-state index in [0.29, 0.717) is 0 Å². The molecule has 1 aromatic rings. The molecule has 0 atom stereocenters. The minimum Gasteiger partial charge on any atom is -0.494 e. The molecule has 0 spiro atoms. The number of carbonyl (C=O) groups excluding carboxylic acids is 1. The van der Waals surface area contributed by atoms with E-state index in [9.17, 15) is 13.2 Å². The summed E-state index contributed by atoms with van der Waals surface area (Å²) in [6.45, 7) is 0.297. The van der Waals surface area contributed by atoms with Crippen LogP contribution in [-0.2, 0) is 18.5 Å². The number of hydrogen-bond donors (Lipinski definition) is 0. The van der Waals surface area contributed by atoms with E-state index in [2.05, 4.69) is 15.9 Å². The van der Waals surface area contributed by atoms with Gasteiger partial charge in [0, 0.05) is 17.8 Å².